The Labute approximate surface area is 147 Å². The Morgan fingerprint density at radius 1 is 1.09 bits per heavy atom. The van der Waals surface area contributed by atoms with Crippen molar-refractivity contribution in [1.82, 2.24) is 21.5 Å². The van der Waals surface area contributed by atoms with Crippen LogP contribution in [0.2, 0.25) is 0 Å². The summed E-state index contributed by atoms with van der Waals surface area (Å²) in [7, 11) is 0. The molecule has 8 heteroatoms. The zero-order chi connectivity index (χ0) is 16.7. The number of benzene rings is 1. The van der Waals surface area contributed by atoms with E-state index < -0.39 is 0 Å². The number of nitrogens with one attached hydrogen (secondary N) is 4. The normalized spacial score (nSPS) is 12.0. The fourth-order valence-electron chi connectivity index (χ4n) is 1.91. The van der Waals surface area contributed by atoms with E-state index in [0.717, 1.165) is 30.0 Å². The lowest BCUT2D eigenvalue weighted by Crippen LogP contribution is -2.50. The molecule has 1 aliphatic heterocycles. The average Bonchev–Trinajstić information content (AvgIpc) is 2.98. The predicted octanol–water partition coefficient (Wildman–Crippen LogP) is 1.80. The SMILES string of the molecule is CC(C)CCNC(=S)NNC(=S)NCc1ccc2c(c1)OCO2. The van der Waals surface area contributed by atoms with E-state index in [2.05, 4.69) is 35.3 Å². The lowest BCUT2D eigenvalue weighted by atomic mass is 10.1. The van der Waals surface area contributed by atoms with Gasteiger partial charge in [0, 0.05) is 13.1 Å². The van der Waals surface area contributed by atoms with Gasteiger partial charge >= 0.3 is 0 Å². The molecule has 0 bridgehead atoms. The highest BCUT2D eigenvalue weighted by atomic mass is 32.1. The molecule has 1 aliphatic rings. The van der Waals surface area contributed by atoms with E-state index in [1.54, 1.807) is 0 Å². The number of thiocarbonyl (C=S) groups is 2. The molecule has 0 aromatic heterocycles. The highest BCUT2D eigenvalue weighted by molar-refractivity contribution is 7.80. The molecule has 0 saturated carbocycles. The highest BCUT2D eigenvalue weighted by Crippen LogP contribution is 2.32. The third-order valence-corrected chi connectivity index (χ3v) is 3.68. The minimum absolute atomic E-state index is 0.275. The van der Waals surface area contributed by atoms with Gasteiger partial charge in [-0.05, 0) is 54.5 Å². The molecule has 0 atom stereocenters. The first-order valence-corrected chi connectivity index (χ1v) is 8.32. The Morgan fingerprint density at radius 2 is 1.78 bits per heavy atom. The van der Waals surface area contributed by atoms with Crippen molar-refractivity contribution in [1.29, 1.82) is 0 Å². The number of hydrogen-bond donors (Lipinski definition) is 4. The molecule has 23 heavy (non-hydrogen) atoms. The average molecular weight is 355 g/mol. The molecule has 0 unspecified atom stereocenters. The highest BCUT2D eigenvalue weighted by Gasteiger charge is 2.13. The van der Waals surface area contributed by atoms with Crippen LogP contribution in [0.15, 0.2) is 18.2 Å². The van der Waals surface area contributed by atoms with Crippen LogP contribution in [0.4, 0.5) is 0 Å². The Balaban J connectivity index is 1.64. The van der Waals surface area contributed by atoms with Crippen LogP contribution in [0.25, 0.3) is 0 Å². The van der Waals surface area contributed by atoms with E-state index in [1.165, 1.54) is 0 Å². The maximum Gasteiger partial charge on any atom is 0.231 e. The van der Waals surface area contributed by atoms with Crippen molar-refractivity contribution in [2.75, 3.05) is 13.3 Å². The van der Waals surface area contributed by atoms with Gasteiger partial charge in [0.05, 0.1) is 0 Å². The van der Waals surface area contributed by atoms with Crippen LogP contribution in [0.5, 0.6) is 11.5 Å². The van der Waals surface area contributed by atoms with Gasteiger partial charge in [-0.3, -0.25) is 10.9 Å². The standard InChI is InChI=1S/C15H22N4O2S2/c1-10(2)5-6-16-14(22)18-19-15(23)17-8-11-3-4-12-13(7-11)21-9-20-12/h3-4,7,10H,5-6,8-9H2,1-2H3,(H2,16,18,22)(H2,17,19,23). The van der Waals surface area contributed by atoms with Crippen molar-refractivity contribution in [3.63, 3.8) is 0 Å². The Morgan fingerprint density at radius 3 is 2.52 bits per heavy atom. The van der Waals surface area contributed by atoms with Crippen molar-refractivity contribution in [2.24, 2.45) is 5.92 Å². The molecule has 0 saturated heterocycles. The summed E-state index contributed by atoms with van der Waals surface area (Å²) >= 11 is 10.4. The molecule has 4 N–H and O–H groups in total. The topological polar surface area (TPSA) is 66.6 Å². The lowest BCUT2D eigenvalue weighted by molar-refractivity contribution is 0.174. The van der Waals surface area contributed by atoms with Gasteiger partial charge in [0.15, 0.2) is 21.7 Å². The smallest absolute Gasteiger partial charge is 0.231 e. The second-order valence-corrected chi connectivity index (χ2v) is 6.38. The summed E-state index contributed by atoms with van der Waals surface area (Å²) in [6, 6.07) is 5.79. The van der Waals surface area contributed by atoms with Crippen molar-refractivity contribution >= 4 is 34.7 Å². The van der Waals surface area contributed by atoms with Crippen molar-refractivity contribution in [3.05, 3.63) is 23.8 Å². The molecule has 2 rings (SSSR count). The van der Waals surface area contributed by atoms with Crippen LogP contribution < -0.4 is 31.0 Å². The molecule has 0 fully saturated rings. The molecule has 1 aromatic carbocycles. The maximum atomic E-state index is 5.34. The third-order valence-electron chi connectivity index (χ3n) is 3.19. The molecule has 0 amide bonds. The summed E-state index contributed by atoms with van der Waals surface area (Å²) in [5.41, 5.74) is 6.76. The summed E-state index contributed by atoms with van der Waals surface area (Å²) in [5.74, 6) is 2.17. The quantitative estimate of drug-likeness (QED) is 0.472. The summed E-state index contributed by atoms with van der Waals surface area (Å²) < 4.78 is 10.6. The molecule has 6 nitrogen and oxygen atoms in total. The second kappa shape index (κ2) is 8.73. The van der Waals surface area contributed by atoms with Gasteiger partial charge in [-0.25, -0.2) is 0 Å². The predicted molar refractivity (Wildman–Crippen MR) is 98.3 cm³/mol. The molecule has 0 aliphatic carbocycles. The summed E-state index contributed by atoms with van der Waals surface area (Å²) in [6.45, 7) is 6.04. The van der Waals surface area contributed by atoms with E-state index in [0.29, 0.717) is 22.7 Å². The van der Waals surface area contributed by atoms with Crippen LogP contribution in [-0.2, 0) is 6.54 Å². The van der Waals surface area contributed by atoms with Crippen LogP contribution >= 0.6 is 24.4 Å². The summed E-state index contributed by atoms with van der Waals surface area (Å²) in [5, 5.41) is 7.20. The first-order valence-electron chi connectivity index (χ1n) is 7.51. The Hall–Kier alpha value is -1.80. The molecular weight excluding hydrogens is 332 g/mol. The number of hydrogen-bond acceptors (Lipinski definition) is 4. The van der Waals surface area contributed by atoms with E-state index >= 15 is 0 Å². The largest absolute Gasteiger partial charge is 0.454 e. The van der Waals surface area contributed by atoms with Gasteiger partial charge < -0.3 is 20.1 Å². The number of fused-ring (bicyclic) bond motifs is 1. The fraction of sp³-hybridized carbons (Fsp3) is 0.467. The summed E-state index contributed by atoms with van der Waals surface area (Å²) in [6.07, 6.45) is 1.06. The molecule has 0 radical (unpaired) electrons. The molecule has 126 valence electrons. The van der Waals surface area contributed by atoms with Gasteiger partial charge in [0.2, 0.25) is 6.79 Å². The van der Waals surface area contributed by atoms with E-state index in [9.17, 15) is 0 Å². The minimum atomic E-state index is 0.275. The first-order chi connectivity index (χ1) is 11.0. The van der Waals surface area contributed by atoms with Crippen LogP contribution in [0, 0.1) is 5.92 Å². The summed E-state index contributed by atoms with van der Waals surface area (Å²) in [4.78, 5) is 0. The fourth-order valence-corrected chi connectivity index (χ4v) is 2.19. The zero-order valence-corrected chi connectivity index (χ0v) is 14.9. The first kappa shape index (κ1) is 17.6. The van der Waals surface area contributed by atoms with Gasteiger partial charge in [0.1, 0.15) is 0 Å². The van der Waals surface area contributed by atoms with E-state index in [1.807, 2.05) is 18.2 Å². The minimum Gasteiger partial charge on any atom is -0.454 e. The number of ether oxygens (including phenoxy) is 2. The van der Waals surface area contributed by atoms with Crippen molar-refractivity contribution in [3.8, 4) is 11.5 Å². The number of rotatable bonds is 5. The monoisotopic (exact) mass is 354 g/mol. The Bertz CT molecular complexity index is 566. The van der Waals surface area contributed by atoms with Gasteiger partial charge in [-0.15, -0.1) is 0 Å². The number of hydrazine groups is 1. The van der Waals surface area contributed by atoms with Crippen molar-refractivity contribution < 1.29 is 9.47 Å². The van der Waals surface area contributed by atoms with E-state index in [-0.39, 0.29) is 6.79 Å². The van der Waals surface area contributed by atoms with E-state index in [4.69, 9.17) is 33.9 Å². The van der Waals surface area contributed by atoms with Gasteiger partial charge in [0.25, 0.3) is 0 Å². The molecule has 0 spiro atoms. The molecule has 1 aromatic rings. The maximum absolute atomic E-state index is 5.34. The molecule has 1 heterocycles. The Kier molecular flexibility index (Phi) is 6.66. The van der Waals surface area contributed by atoms with Crippen LogP contribution in [-0.4, -0.2) is 23.6 Å². The van der Waals surface area contributed by atoms with Gasteiger partial charge in [-0.1, -0.05) is 19.9 Å². The van der Waals surface area contributed by atoms with Crippen LogP contribution in [0.1, 0.15) is 25.8 Å². The van der Waals surface area contributed by atoms with Crippen LogP contribution in [0.3, 0.4) is 0 Å². The third kappa shape index (κ3) is 6.07. The molecular formula is C15H22N4O2S2. The van der Waals surface area contributed by atoms with Crippen molar-refractivity contribution in [2.45, 2.75) is 26.8 Å². The zero-order valence-electron chi connectivity index (χ0n) is 13.3. The lowest BCUT2D eigenvalue weighted by Gasteiger charge is -2.15. The second-order valence-electron chi connectivity index (χ2n) is 5.56. The van der Waals surface area contributed by atoms with Gasteiger partial charge in [-0.2, -0.15) is 0 Å².